The second-order valence-electron chi connectivity index (χ2n) is 4.11. The van der Waals surface area contributed by atoms with Gasteiger partial charge in [-0.25, -0.2) is 4.98 Å². The van der Waals surface area contributed by atoms with E-state index in [1.165, 1.54) is 5.56 Å². The highest BCUT2D eigenvalue weighted by Crippen LogP contribution is 2.26. The Hall–Kier alpha value is -1.60. The van der Waals surface area contributed by atoms with Gasteiger partial charge in [-0.15, -0.1) is 0 Å². The molecule has 0 amide bonds. The zero-order chi connectivity index (χ0) is 12.1. The molecule has 2 rings (SSSR count). The Balaban J connectivity index is 2.08. The molecule has 0 aromatic carbocycles. The quantitative estimate of drug-likeness (QED) is 0.727. The molecule has 90 valence electrons. The molecule has 0 spiro atoms. The highest BCUT2D eigenvalue weighted by molar-refractivity contribution is 5.44. The Morgan fingerprint density at radius 1 is 1.41 bits per heavy atom. The number of hydrogen-bond donors (Lipinski definition) is 0. The molecule has 17 heavy (non-hydrogen) atoms. The lowest BCUT2D eigenvalue weighted by molar-refractivity contribution is 0.170. The number of aromatic nitrogens is 1. The zero-order valence-electron chi connectivity index (χ0n) is 10.0. The van der Waals surface area contributed by atoms with Crippen molar-refractivity contribution < 1.29 is 9.47 Å². The van der Waals surface area contributed by atoms with Crippen LogP contribution in [0.1, 0.15) is 29.7 Å². The molecule has 0 N–H and O–H groups in total. The molecule has 0 bridgehead atoms. The molecule has 4 heteroatoms. The van der Waals surface area contributed by atoms with E-state index in [0.29, 0.717) is 24.7 Å². The fourth-order valence-corrected chi connectivity index (χ4v) is 2.02. The number of nitriles is 1. The van der Waals surface area contributed by atoms with Crippen LogP contribution in [0.5, 0.6) is 5.88 Å². The summed E-state index contributed by atoms with van der Waals surface area (Å²) in [5.41, 5.74) is 2.83. The van der Waals surface area contributed by atoms with Crippen molar-refractivity contribution in [2.24, 2.45) is 0 Å². The van der Waals surface area contributed by atoms with Crippen LogP contribution in [0.25, 0.3) is 0 Å². The third-order valence-electron chi connectivity index (χ3n) is 2.87. The summed E-state index contributed by atoms with van der Waals surface area (Å²) in [5.74, 6) is 0.476. The summed E-state index contributed by atoms with van der Waals surface area (Å²) in [6.07, 6.45) is 3.96. The maximum absolute atomic E-state index is 9.06. The second-order valence-corrected chi connectivity index (χ2v) is 4.11. The lowest BCUT2D eigenvalue weighted by atomic mass is 10.1. The molecular formula is C13H16N2O2. The molecule has 1 heterocycles. The largest absolute Gasteiger partial charge is 0.477 e. The number of ether oxygens (including phenoxy) is 2. The van der Waals surface area contributed by atoms with Crippen molar-refractivity contribution in [2.75, 3.05) is 20.3 Å². The Bertz CT molecular complexity index is 438. The van der Waals surface area contributed by atoms with Crippen LogP contribution in [0.2, 0.25) is 0 Å². The van der Waals surface area contributed by atoms with E-state index >= 15 is 0 Å². The average molecular weight is 232 g/mol. The molecule has 0 fully saturated rings. The highest BCUT2D eigenvalue weighted by Gasteiger charge is 2.16. The van der Waals surface area contributed by atoms with Gasteiger partial charge in [-0.3, -0.25) is 0 Å². The Morgan fingerprint density at radius 3 is 3.06 bits per heavy atom. The number of hydrogen-bond acceptors (Lipinski definition) is 4. The third kappa shape index (κ3) is 2.75. The van der Waals surface area contributed by atoms with Crippen molar-refractivity contribution >= 4 is 0 Å². The molecule has 0 aliphatic heterocycles. The number of nitrogens with zero attached hydrogens (tertiary/aromatic N) is 2. The third-order valence-corrected chi connectivity index (χ3v) is 2.87. The molecular weight excluding hydrogens is 216 g/mol. The minimum atomic E-state index is 0.476. The van der Waals surface area contributed by atoms with Gasteiger partial charge in [0.15, 0.2) is 0 Å². The predicted octanol–water partition coefficient (Wildman–Crippen LogP) is 1.86. The Morgan fingerprint density at radius 2 is 2.29 bits per heavy atom. The summed E-state index contributed by atoms with van der Waals surface area (Å²) in [7, 11) is 1.66. The Labute approximate surface area is 101 Å². The van der Waals surface area contributed by atoms with Crippen molar-refractivity contribution in [2.45, 2.75) is 25.7 Å². The Kier molecular flexibility index (Phi) is 3.94. The second kappa shape index (κ2) is 5.65. The van der Waals surface area contributed by atoms with Crippen molar-refractivity contribution in [1.29, 1.82) is 5.26 Å². The fourth-order valence-electron chi connectivity index (χ4n) is 2.02. The van der Waals surface area contributed by atoms with Gasteiger partial charge in [0.1, 0.15) is 11.6 Å². The van der Waals surface area contributed by atoms with E-state index in [4.69, 9.17) is 14.7 Å². The number of rotatable bonds is 5. The maximum atomic E-state index is 9.06. The van der Waals surface area contributed by atoms with Crippen LogP contribution in [-0.2, 0) is 17.6 Å². The molecule has 1 aliphatic rings. The van der Waals surface area contributed by atoms with Crippen molar-refractivity contribution in [3.05, 3.63) is 22.9 Å². The highest BCUT2D eigenvalue weighted by atomic mass is 16.5. The zero-order valence-corrected chi connectivity index (χ0v) is 10.0. The van der Waals surface area contributed by atoms with E-state index in [9.17, 15) is 0 Å². The predicted molar refractivity (Wildman–Crippen MR) is 63.0 cm³/mol. The number of fused-ring (bicyclic) bond motifs is 1. The van der Waals surface area contributed by atoms with Crippen molar-refractivity contribution in [3.8, 4) is 11.9 Å². The van der Waals surface area contributed by atoms with E-state index in [0.717, 1.165) is 31.4 Å². The standard InChI is InChI=1S/C13H16N2O2/c1-16-6-3-7-17-13-11(9-14)8-10-4-2-5-12(10)15-13/h8H,2-7H2,1H3. The van der Waals surface area contributed by atoms with Gasteiger partial charge in [-0.1, -0.05) is 0 Å². The smallest absolute Gasteiger partial charge is 0.231 e. The molecule has 4 nitrogen and oxygen atoms in total. The van der Waals surface area contributed by atoms with Crippen LogP contribution >= 0.6 is 0 Å². The maximum Gasteiger partial charge on any atom is 0.231 e. The van der Waals surface area contributed by atoms with Crippen LogP contribution in [0.15, 0.2) is 6.07 Å². The lowest BCUT2D eigenvalue weighted by Crippen LogP contribution is -2.05. The van der Waals surface area contributed by atoms with Crippen LogP contribution in [-0.4, -0.2) is 25.3 Å². The first kappa shape index (κ1) is 11.9. The molecule has 0 saturated heterocycles. The van der Waals surface area contributed by atoms with Crippen LogP contribution in [0, 0.1) is 11.3 Å². The summed E-state index contributed by atoms with van der Waals surface area (Å²) in [4.78, 5) is 4.44. The SMILES string of the molecule is COCCCOc1nc2c(cc1C#N)CCC2. The van der Waals surface area contributed by atoms with Gasteiger partial charge < -0.3 is 9.47 Å². The summed E-state index contributed by atoms with van der Waals surface area (Å²) < 4.78 is 10.5. The van der Waals surface area contributed by atoms with Crippen LogP contribution < -0.4 is 4.74 Å². The minimum Gasteiger partial charge on any atom is -0.477 e. The van der Waals surface area contributed by atoms with Gasteiger partial charge in [0, 0.05) is 25.8 Å². The molecule has 0 radical (unpaired) electrons. The summed E-state index contributed by atoms with van der Waals surface area (Å²) in [6.45, 7) is 1.20. The van der Waals surface area contributed by atoms with E-state index in [1.807, 2.05) is 6.07 Å². The monoisotopic (exact) mass is 232 g/mol. The summed E-state index contributed by atoms with van der Waals surface area (Å²) in [5, 5.41) is 9.06. The van der Waals surface area contributed by atoms with Crippen LogP contribution in [0.4, 0.5) is 0 Å². The normalized spacial score (nSPS) is 13.2. The number of aryl methyl sites for hydroxylation is 2. The first-order chi connectivity index (χ1) is 8.35. The van der Waals surface area contributed by atoms with Crippen molar-refractivity contribution in [3.63, 3.8) is 0 Å². The van der Waals surface area contributed by atoms with Gasteiger partial charge >= 0.3 is 0 Å². The van der Waals surface area contributed by atoms with Gasteiger partial charge in [0.05, 0.1) is 6.61 Å². The molecule has 1 aliphatic carbocycles. The summed E-state index contributed by atoms with van der Waals surface area (Å²) >= 11 is 0. The molecule has 0 atom stereocenters. The lowest BCUT2D eigenvalue weighted by Gasteiger charge is -2.08. The molecule has 1 aromatic heterocycles. The molecule has 0 saturated carbocycles. The number of methoxy groups -OCH3 is 1. The minimum absolute atomic E-state index is 0.476. The first-order valence-electron chi connectivity index (χ1n) is 5.90. The van der Waals surface area contributed by atoms with E-state index in [-0.39, 0.29) is 0 Å². The van der Waals surface area contributed by atoms with E-state index in [1.54, 1.807) is 7.11 Å². The average Bonchev–Trinajstić information content (AvgIpc) is 2.80. The van der Waals surface area contributed by atoms with E-state index < -0.39 is 0 Å². The van der Waals surface area contributed by atoms with Crippen LogP contribution in [0.3, 0.4) is 0 Å². The topological polar surface area (TPSA) is 55.1 Å². The van der Waals surface area contributed by atoms with Gasteiger partial charge in [-0.2, -0.15) is 5.26 Å². The number of pyridine rings is 1. The van der Waals surface area contributed by atoms with Gasteiger partial charge in [0.25, 0.3) is 0 Å². The molecule has 0 unspecified atom stereocenters. The summed E-state index contributed by atoms with van der Waals surface area (Å²) in [6, 6.07) is 4.07. The van der Waals surface area contributed by atoms with Crippen molar-refractivity contribution in [1.82, 2.24) is 4.98 Å². The first-order valence-corrected chi connectivity index (χ1v) is 5.90. The van der Waals surface area contributed by atoms with Gasteiger partial charge in [0.2, 0.25) is 5.88 Å². The van der Waals surface area contributed by atoms with E-state index in [2.05, 4.69) is 11.1 Å². The molecule has 1 aromatic rings. The fraction of sp³-hybridized carbons (Fsp3) is 0.538. The van der Waals surface area contributed by atoms with Gasteiger partial charge in [-0.05, 0) is 30.9 Å².